The summed E-state index contributed by atoms with van der Waals surface area (Å²) in [6, 6.07) is 7.05. The van der Waals surface area contributed by atoms with Gasteiger partial charge in [0.1, 0.15) is 5.00 Å². The van der Waals surface area contributed by atoms with Gasteiger partial charge in [-0.05, 0) is 50.3 Å². The molecule has 1 atom stereocenters. The number of benzene rings is 1. The number of anilines is 1. The molecular formula is C20H20N4O3S2. The zero-order chi connectivity index (χ0) is 20.5. The molecule has 0 spiro atoms. The first kappa shape index (κ1) is 19.7. The van der Waals surface area contributed by atoms with Gasteiger partial charge in [-0.15, -0.1) is 11.3 Å². The summed E-state index contributed by atoms with van der Waals surface area (Å²) in [6.07, 6.45) is 3.81. The van der Waals surface area contributed by atoms with Crippen molar-refractivity contribution in [3.63, 3.8) is 0 Å². The lowest BCUT2D eigenvalue weighted by Gasteiger charge is -2.12. The summed E-state index contributed by atoms with van der Waals surface area (Å²) in [7, 11) is 0. The quantitative estimate of drug-likeness (QED) is 0.426. The number of fused-ring (bicyclic) bond motifs is 2. The second-order valence-electron chi connectivity index (χ2n) is 6.92. The number of nitrogens with zero attached hydrogens (tertiary/aromatic N) is 1. The minimum absolute atomic E-state index is 0.243. The maximum absolute atomic E-state index is 12.8. The van der Waals surface area contributed by atoms with Gasteiger partial charge in [0, 0.05) is 4.88 Å². The maximum Gasteiger partial charge on any atom is 0.259 e. The van der Waals surface area contributed by atoms with Crippen LogP contribution in [0.15, 0.2) is 34.2 Å². The Morgan fingerprint density at radius 3 is 2.83 bits per heavy atom. The van der Waals surface area contributed by atoms with E-state index in [1.807, 2.05) is 6.07 Å². The minimum atomic E-state index is -0.529. The van der Waals surface area contributed by atoms with Crippen LogP contribution in [-0.2, 0) is 17.6 Å². The van der Waals surface area contributed by atoms with E-state index in [4.69, 9.17) is 5.73 Å². The number of aromatic amines is 1. The summed E-state index contributed by atoms with van der Waals surface area (Å²) in [5, 5.41) is 3.72. The number of rotatable bonds is 5. The molecule has 0 bridgehead atoms. The van der Waals surface area contributed by atoms with E-state index < -0.39 is 11.2 Å². The molecule has 4 rings (SSSR count). The van der Waals surface area contributed by atoms with E-state index in [1.165, 1.54) is 11.3 Å². The summed E-state index contributed by atoms with van der Waals surface area (Å²) in [4.78, 5) is 45.2. The second kappa shape index (κ2) is 8.00. The van der Waals surface area contributed by atoms with Crippen molar-refractivity contribution in [2.24, 2.45) is 5.73 Å². The fraction of sp³-hybridized carbons (Fsp3) is 0.300. The smallest absolute Gasteiger partial charge is 0.259 e. The van der Waals surface area contributed by atoms with Gasteiger partial charge in [0.2, 0.25) is 5.91 Å². The third-order valence-corrected chi connectivity index (χ3v) is 7.09. The van der Waals surface area contributed by atoms with Crippen molar-refractivity contribution >= 4 is 50.8 Å². The Morgan fingerprint density at radius 1 is 1.28 bits per heavy atom. The van der Waals surface area contributed by atoms with E-state index in [9.17, 15) is 14.4 Å². The molecule has 7 nitrogen and oxygen atoms in total. The highest BCUT2D eigenvalue weighted by atomic mass is 32.2. The van der Waals surface area contributed by atoms with Gasteiger partial charge in [0.15, 0.2) is 5.16 Å². The van der Waals surface area contributed by atoms with E-state index in [-0.39, 0.29) is 11.5 Å². The van der Waals surface area contributed by atoms with Crippen LogP contribution in [0.25, 0.3) is 10.9 Å². The number of hydrogen-bond donors (Lipinski definition) is 3. The number of carbonyl (C=O) groups excluding carboxylic acids is 2. The lowest BCUT2D eigenvalue weighted by atomic mass is 9.95. The number of aryl methyl sites for hydroxylation is 1. The highest BCUT2D eigenvalue weighted by Gasteiger charge is 2.26. The standard InChI is InChI=1S/C20H20N4O3S2/c1-10(28-20-22-13-8-4-2-6-11(13)18(27)24-20)17(26)23-19-15(16(21)25)12-7-3-5-9-14(12)29-19/h2,4,6,8,10H,3,5,7,9H2,1H3,(H2,21,25)(H,23,26)(H,22,24,27). The van der Waals surface area contributed by atoms with Crippen molar-refractivity contribution in [2.45, 2.75) is 43.0 Å². The number of nitrogens with two attached hydrogens (primary N) is 1. The molecule has 9 heteroatoms. The average molecular weight is 429 g/mol. The number of hydrogen-bond acceptors (Lipinski definition) is 6. The number of nitrogens with one attached hydrogen (secondary N) is 2. The number of amides is 2. The number of H-pyrrole nitrogens is 1. The van der Waals surface area contributed by atoms with Crippen molar-refractivity contribution < 1.29 is 9.59 Å². The summed E-state index contributed by atoms with van der Waals surface area (Å²) in [5.41, 5.74) is 7.34. The molecule has 0 aliphatic heterocycles. The van der Waals surface area contributed by atoms with Crippen LogP contribution in [0.1, 0.15) is 40.6 Å². The molecule has 4 N–H and O–H groups in total. The van der Waals surface area contributed by atoms with Crippen LogP contribution >= 0.6 is 23.1 Å². The van der Waals surface area contributed by atoms with Gasteiger partial charge in [-0.2, -0.15) is 0 Å². The predicted octanol–water partition coefficient (Wildman–Crippen LogP) is 3.08. The van der Waals surface area contributed by atoms with Crippen LogP contribution in [0, 0.1) is 0 Å². The fourth-order valence-electron chi connectivity index (χ4n) is 3.47. The first-order chi connectivity index (χ1) is 13.9. The Kier molecular flexibility index (Phi) is 5.42. The Balaban J connectivity index is 1.54. The van der Waals surface area contributed by atoms with Crippen molar-refractivity contribution in [2.75, 3.05) is 5.32 Å². The summed E-state index contributed by atoms with van der Waals surface area (Å²) in [5.74, 6) is -0.785. The number of primary amides is 1. The first-order valence-corrected chi connectivity index (χ1v) is 11.0. The van der Waals surface area contributed by atoms with Crippen molar-refractivity contribution in [1.29, 1.82) is 0 Å². The third-order valence-electron chi connectivity index (χ3n) is 4.90. The molecule has 1 aromatic carbocycles. The highest BCUT2D eigenvalue weighted by Crippen LogP contribution is 2.38. The molecule has 1 aliphatic carbocycles. The van der Waals surface area contributed by atoms with E-state index >= 15 is 0 Å². The van der Waals surface area contributed by atoms with Gasteiger partial charge >= 0.3 is 0 Å². The topological polar surface area (TPSA) is 118 Å². The molecule has 3 aromatic rings. The lowest BCUT2D eigenvalue weighted by Crippen LogP contribution is -2.24. The maximum atomic E-state index is 12.8. The van der Waals surface area contributed by atoms with Crippen LogP contribution < -0.4 is 16.6 Å². The molecule has 2 aromatic heterocycles. The summed E-state index contributed by atoms with van der Waals surface area (Å²) >= 11 is 2.59. The molecule has 0 saturated carbocycles. The van der Waals surface area contributed by atoms with Gasteiger partial charge in [0.25, 0.3) is 11.5 Å². The van der Waals surface area contributed by atoms with Gasteiger partial charge in [0.05, 0.1) is 21.7 Å². The van der Waals surface area contributed by atoms with Gasteiger partial charge in [-0.3, -0.25) is 14.4 Å². The third kappa shape index (κ3) is 3.92. The van der Waals surface area contributed by atoms with Crippen molar-refractivity contribution in [1.82, 2.24) is 9.97 Å². The first-order valence-electron chi connectivity index (χ1n) is 9.35. The second-order valence-corrected chi connectivity index (χ2v) is 9.35. The SMILES string of the molecule is CC(Sc1nc2ccccc2c(=O)[nH]1)C(=O)Nc1sc2c(c1C(N)=O)CCCC2. The number of para-hydroxylation sites is 1. The molecule has 0 radical (unpaired) electrons. The Bertz CT molecular complexity index is 1170. The molecule has 2 amide bonds. The number of carbonyl (C=O) groups is 2. The molecule has 0 fully saturated rings. The Morgan fingerprint density at radius 2 is 2.03 bits per heavy atom. The largest absolute Gasteiger partial charge is 0.365 e. The average Bonchev–Trinajstić information content (AvgIpc) is 3.06. The zero-order valence-electron chi connectivity index (χ0n) is 15.8. The molecule has 2 heterocycles. The van der Waals surface area contributed by atoms with Crippen LogP contribution in [0.5, 0.6) is 0 Å². The summed E-state index contributed by atoms with van der Waals surface area (Å²) in [6.45, 7) is 1.73. The van der Waals surface area contributed by atoms with Crippen LogP contribution in [0.4, 0.5) is 5.00 Å². The predicted molar refractivity (Wildman–Crippen MR) is 116 cm³/mol. The number of thiophene rings is 1. The molecule has 0 saturated heterocycles. The van der Waals surface area contributed by atoms with Crippen LogP contribution in [0.3, 0.4) is 0 Å². The number of aromatic nitrogens is 2. The number of thioether (sulfide) groups is 1. The molecule has 1 unspecified atom stereocenters. The van der Waals surface area contributed by atoms with Crippen LogP contribution in [-0.4, -0.2) is 27.0 Å². The van der Waals surface area contributed by atoms with Crippen molar-refractivity contribution in [3.8, 4) is 0 Å². The van der Waals surface area contributed by atoms with E-state index in [0.717, 1.165) is 47.9 Å². The summed E-state index contributed by atoms with van der Waals surface area (Å²) < 4.78 is 0. The van der Waals surface area contributed by atoms with Gasteiger partial charge < -0.3 is 16.0 Å². The molecule has 1 aliphatic rings. The molecule has 150 valence electrons. The minimum Gasteiger partial charge on any atom is -0.365 e. The van der Waals surface area contributed by atoms with E-state index in [1.54, 1.807) is 25.1 Å². The molecule has 29 heavy (non-hydrogen) atoms. The highest BCUT2D eigenvalue weighted by molar-refractivity contribution is 8.00. The Hall–Kier alpha value is -2.65. The van der Waals surface area contributed by atoms with Gasteiger partial charge in [-0.25, -0.2) is 4.98 Å². The lowest BCUT2D eigenvalue weighted by molar-refractivity contribution is -0.115. The Labute approximate surface area is 175 Å². The molecular weight excluding hydrogens is 408 g/mol. The zero-order valence-corrected chi connectivity index (χ0v) is 17.4. The van der Waals surface area contributed by atoms with E-state index in [2.05, 4.69) is 15.3 Å². The van der Waals surface area contributed by atoms with Crippen LogP contribution in [0.2, 0.25) is 0 Å². The monoisotopic (exact) mass is 428 g/mol. The van der Waals surface area contributed by atoms with Crippen molar-refractivity contribution in [3.05, 3.63) is 50.6 Å². The van der Waals surface area contributed by atoms with E-state index in [0.29, 0.717) is 26.6 Å². The normalized spacial score (nSPS) is 14.4. The van der Waals surface area contributed by atoms with Gasteiger partial charge in [-0.1, -0.05) is 23.9 Å². The fourth-order valence-corrected chi connectivity index (χ4v) is 5.57.